The molecule has 4 aliphatic rings. The largest absolute Gasteiger partial charge is 0.476 e. The van der Waals surface area contributed by atoms with E-state index in [1.54, 1.807) is 13.0 Å². The number of rotatable bonds is 2. The van der Waals surface area contributed by atoms with Gasteiger partial charge in [0.2, 0.25) is 5.78 Å². The molecule has 0 saturated carbocycles. The molecule has 0 aromatic carbocycles. The molecule has 2 saturated heterocycles. The summed E-state index contributed by atoms with van der Waals surface area (Å²) in [5, 5.41) is 11.1. The average molecular weight is 376 g/mol. The molecule has 6 atom stereocenters. The molecule has 2 bridgehead atoms. The molecular formula is C19H20O8. The third kappa shape index (κ3) is 2.40. The van der Waals surface area contributed by atoms with Gasteiger partial charge in [-0.2, -0.15) is 0 Å². The van der Waals surface area contributed by atoms with Gasteiger partial charge < -0.3 is 24.1 Å². The van der Waals surface area contributed by atoms with Gasteiger partial charge in [0.05, 0.1) is 12.5 Å². The van der Waals surface area contributed by atoms with Crippen molar-refractivity contribution in [2.75, 3.05) is 6.61 Å². The summed E-state index contributed by atoms with van der Waals surface area (Å²) in [6, 6.07) is 0. The number of aliphatic hydroxyl groups is 1. The molecule has 2 fully saturated rings. The highest BCUT2D eigenvalue weighted by Gasteiger charge is 2.72. The lowest BCUT2D eigenvalue weighted by molar-refractivity contribution is -0.179. The van der Waals surface area contributed by atoms with Crippen LogP contribution >= 0.6 is 0 Å². The lowest BCUT2D eigenvalue weighted by Gasteiger charge is -2.37. The van der Waals surface area contributed by atoms with Gasteiger partial charge in [-0.3, -0.25) is 4.79 Å². The summed E-state index contributed by atoms with van der Waals surface area (Å²) >= 11 is 0. The average Bonchev–Trinajstić information content (AvgIpc) is 3.26. The van der Waals surface area contributed by atoms with Crippen LogP contribution in [0.4, 0.5) is 0 Å². The van der Waals surface area contributed by atoms with Crippen molar-refractivity contribution in [3.05, 3.63) is 35.6 Å². The molecule has 0 aromatic heterocycles. The minimum Gasteiger partial charge on any atom is -0.476 e. The number of ether oxygens (including phenoxy) is 4. The van der Waals surface area contributed by atoms with E-state index in [0.717, 1.165) is 0 Å². The normalized spacial score (nSPS) is 44.0. The van der Waals surface area contributed by atoms with Gasteiger partial charge in [0.25, 0.3) is 0 Å². The van der Waals surface area contributed by atoms with Crippen molar-refractivity contribution in [1.82, 2.24) is 0 Å². The molecule has 8 heteroatoms. The van der Waals surface area contributed by atoms with Gasteiger partial charge in [0.15, 0.2) is 11.2 Å². The number of fused-ring (bicyclic) bond motifs is 4. The maximum Gasteiger partial charge on any atom is 0.342 e. The highest BCUT2D eigenvalue weighted by molar-refractivity contribution is 6.00. The molecule has 0 aliphatic carbocycles. The molecule has 0 aromatic rings. The van der Waals surface area contributed by atoms with E-state index in [1.807, 2.05) is 0 Å². The standard InChI is InChI=1S/C19H20O8/c1-8(2)16(22)26-14-13-11(25-17(23)19(13)7-24-19)5-9(3)10-6-12(20)18(4,27-10)15(14)21/h5-6,11,13-15,21H,1,7H2,2-4H3/b9-5-/t11-,13+,14+,15-,18-,19-/m1/s1. The van der Waals surface area contributed by atoms with Crippen LogP contribution in [0.1, 0.15) is 20.8 Å². The molecule has 1 N–H and O–H groups in total. The third-order valence-corrected chi connectivity index (χ3v) is 5.63. The predicted molar refractivity (Wildman–Crippen MR) is 89.1 cm³/mol. The van der Waals surface area contributed by atoms with Crippen molar-refractivity contribution < 1.29 is 38.4 Å². The second kappa shape index (κ2) is 5.53. The first-order chi connectivity index (χ1) is 12.6. The van der Waals surface area contributed by atoms with E-state index in [0.29, 0.717) is 5.57 Å². The number of hydrogen-bond acceptors (Lipinski definition) is 8. The van der Waals surface area contributed by atoms with Crippen LogP contribution in [0.25, 0.3) is 0 Å². The fourth-order valence-corrected chi connectivity index (χ4v) is 3.85. The molecule has 8 nitrogen and oxygen atoms in total. The number of allylic oxidation sites excluding steroid dienone is 1. The number of ketones is 1. The Hall–Kier alpha value is -2.45. The Labute approximate surface area is 155 Å². The zero-order chi connectivity index (χ0) is 19.7. The molecule has 1 spiro atoms. The maximum absolute atomic E-state index is 12.6. The Balaban J connectivity index is 1.85. The van der Waals surface area contributed by atoms with Crippen LogP contribution in [0.5, 0.6) is 0 Å². The number of aliphatic hydroxyl groups excluding tert-OH is 1. The Kier molecular flexibility index (Phi) is 3.67. The predicted octanol–water partition coefficient (Wildman–Crippen LogP) is 0.348. The highest BCUT2D eigenvalue weighted by Crippen LogP contribution is 2.51. The summed E-state index contributed by atoms with van der Waals surface area (Å²) in [5.74, 6) is -2.34. The van der Waals surface area contributed by atoms with Crippen LogP contribution in [-0.2, 0) is 33.3 Å². The van der Waals surface area contributed by atoms with Crippen LogP contribution in [0, 0.1) is 5.92 Å². The third-order valence-electron chi connectivity index (χ3n) is 5.63. The zero-order valence-electron chi connectivity index (χ0n) is 15.2. The van der Waals surface area contributed by atoms with E-state index in [1.165, 1.54) is 19.9 Å². The summed E-state index contributed by atoms with van der Waals surface area (Å²) in [7, 11) is 0. The summed E-state index contributed by atoms with van der Waals surface area (Å²) in [6.07, 6.45) is -0.724. The molecule has 4 heterocycles. The number of epoxide rings is 1. The number of hydrogen-bond donors (Lipinski definition) is 1. The SMILES string of the molecule is C=C(C)C(=O)O[C@H]1[C@@H]2[C@@H](/C=C(/C)C3=CC(=O)[C@@](C)(O3)[C@@H]1O)OC(=O)[C@@]21CO1. The first-order valence-corrected chi connectivity index (χ1v) is 8.64. The summed E-state index contributed by atoms with van der Waals surface area (Å²) in [5.41, 5.74) is -2.28. The molecule has 27 heavy (non-hydrogen) atoms. The summed E-state index contributed by atoms with van der Waals surface area (Å²) in [6.45, 7) is 8.23. The lowest BCUT2D eigenvalue weighted by atomic mass is 9.77. The van der Waals surface area contributed by atoms with Crippen LogP contribution in [0.2, 0.25) is 0 Å². The van der Waals surface area contributed by atoms with Crippen molar-refractivity contribution in [3.8, 4) is 0 Å². The van der Waals surface area contributed by atoms with Crippen LogP contribution < -0.4 is 0 Å². The minimum atomic E-state index is -1.67. The van der Waals surface area contributed by atoms with Gasteiger partial charge in [-0.05, 0) is 32.4 Å². The Morgan fingerprint density at radius 1 is 1.41 bits per heavy atom. The van der Waals surface area contributed by atoms with E-state index in [-0.39, 0.29) is 17.9 Å². The monoisotopic (exact) mass is 376 g/mol. The Morgan fingerprint density at radius 2 is 2.07 bits per heavy atom. The fourth-order valence-electron chi connectivity index (χ4n) is 3.85. The van der Waals surface area contributed by atoms with E-state index >= 15 is 0 Å². The second-order valence-corrected chi connectivity index (χ2v) is 7.60. The van der Waals surface area contributed by atoms with Crippen molar-refractivity contribution in [1.29, 1.82) is 0 Å². The van der Waals surface area contributed by atoms with Gasteiger partial charge in [0.1, 0.15) is 24.1 Å². The van der Waals surface area contributed by atoms with Gasteiger partial charge in [-0.1, -0.05) is 6.58 Å². The molecule has 0 amide bonds. The number of esters is 2. The smallest absolute Gasteiger partial charge is 0.342 e. The lowest BCUT2D eigenvalue weighted by Crippen LogP contribution is -2.57. The molecule has 144 valence electrons. The van der Waals surface area contributed by atoms with Crippen LogP contribution in [0.3, 0.4) is 0 Å². The van der Waals surface area contributed by atoms with E-state index in [9.17, 15) is 19.5 Å². The van der Waals surface area contributed by atoms with Crippen LogP contribution in [-0.4, -0.2) is 58.9 Å². The first-order valence-electron chi connectivity index (χ1n) is 8.64. The number of carbonyl (C=O) groups is 3. The van der Waals surface area contributed by atoms with Gasteiger partial charge in [-0.25, -0.2) is 9.59 Å². The van der Waals surface area contributed by atoms with Gasteiger partial charge in [-0.15, -0.1) is 0 Å². The Bertz CT molecular complexity index is 833. The summed E-state index contributed by atoms with van der Waals surface area (Å²) in [4.78, 5) is 37.2. The zero-order valence-corrected chi connectivity index (χ0v) is 15.2. The highest BCUT2D eigenvalue weighted by atomic mass is 16.7. The van der Waals surface area contributed by atoms with Crippen LogP contribution in [0.15, 0.2) is 35.6 Å². The first kappa shape index (κ1) is 17.9. The van der Waals surface area contributed by atoms with Crippen molar-refractivity contribution in [2.24, 2.45) is 5.92 Å². The van der Waals surface area contributed by atoms with E-state index in [2.05, 4.69) is 6.58 Å². The summed E-state index contributed by atoms with van der Waals surface area (Å²) < 4.78 is 22.1. The second-order valence-electron chi connectivity index (χ2n) is 7.60. The van der Waals surface area contributed by atoms with Crippen molar-refractivity contribution in [2.45, 2.75) is 50.3 Å². The van der Waals surface area contributed by atoms with Gasteiger partial charge >= 0.3 is 11.9 Å². The Morgan fingerprint density at radius 3 is 2.67 bits per heavy atom. The quantitative estimate of drug-likeness (QED) is 0.417. The molecule has 4 aliphatic heterocycles. The van der Waals surface area contributed by atoms with Gasteiger partial charge in [0, 0.05) is 11.6 Å². The number of carbonyl (C=O) groups excluding carboxylic acids is 3. The minimum absolute atomic E-state index is 0.0853. The topological polar surface area (TPSA) is 112 Å². The molecular weight excluding hydrogens is 356 g/mol. The molecule has 0 unspecified atom stereocenters. The van der Waals surface area contributed by atoms with Crippen molar-refractivity contribution in [3.63, 3.8) is 0 Å². The van der Waals surface area contributed by atoms with Crippen molar-refractivity contribution >= 4 is 17.7 Å². The van der Waals surface area contributed by atoms with E-state index < -0.39 is 53.2 Å². The maximum atomic E-state index is 12.6. The molecule has 0 radical (unpaired) electrons. The molecule has 4 rings (SSSR count). The van der Waals surface area contributed by atoms with E-state index in [4.69, 9.17) is 18.9 Å². The fraction of sp³-hybridized carbons (Fsp3) is 0.526.